The Kier molecular flexibility index (Phi) is 7.36. The second kappa shape index (κ2) is 10.1. The molecule has 1 aliphatic rings. The van der Waals surface area contributed by atoms with Gasteiger partial charge in [0.25, 0.3) is 0 Å². The molecular weight excluding hydrogens is 533 g/mol. The average Bonchev–Trinajstić information content (AvgIpc) is 2.84. The first-order valence-electron chi connectivity index (χ1n) is 11.1. The van der Waals surface area contributed by atoms with Crippen LogP contribution in [0, 0.1) is 11.6 Å². The molecule has 2 atom stereocenters. The molecule has 38 heavy (non-hydrogen) atoms. The van der Waals surface area contributed by atoms with Gasteiger partial charge in [0.2, 0.25) is 0 Å². The van der Waals surface area contributed by atoms with Crippen molar-refractivity contribution >= 4 is 15.5 Å². The molecule has 0 amide bonds. The van der Waals surface area contributed by atoms with E-state index in [1.165, 1.54) is 42.3 Å². The van der Waals surface area contributed by atoms with Crippen molar-refractivity contribution in [2.75, 3.05) is 24.8 Å². The van der Waals surface area contributed by atoms with Gasteiger partial charge in [-0.15, -0.1) is 0 Å². The molecule has 14 heteroatoms. The summed E-state index contributed by atoms with van der Waals surface area (Å²) in [5, 5.41) is 0. The summed E-state index contributed by atoms with van der Waals surface area (Å²) in [6, 6.07) is 10.5. The van der Waals surface area contributed by atoms with Crippen molar-refractivity contribution in [1.82, 2.24) is 9.88 Å². The Bertz CT molecular complexity index is 1470. The van der Waals surface area contributed by atoms with Crippen LogP contribution < -0.4 is 21.1 Å². The predicted molar refractivity (Wildman–Crippen MR) is 130 cm³/mol. The number of alkyl halides is 3. The van der Waals surface area contributed by atoms with E-state index in [9.17, 15) is 30.4 Å². The highest BCUT2D eigenvalue weighted by Gasteiger charge is 2.42. The first-order chi connectivity index (χ1) is 17.7. The maximum absolute atomic E-state index is 13.8. The van der Waals surface area contributed by atoms with Crippen LogP contribution in [0.5, 0.6) is 5.75 Å². The van der Waals surface area contributed by atoms with Gasteiger partial charge in [0.05, 0.1) is 30.7 Å². The molecule has 1 aromatic heterocycles. The summed E-state index contributed by atoms with van der Waals surface area (Å²) >= 11 is 0. The Labute approximate surface area is 215 Å². The number of pyridine rings is 1. The monoisotopic (exact) mass is 557 g/mol. The molecule has 2 aromatic carbocycles. The highest BCUT2D eigenvalue weighted by atomic mass is 32.2. The number of hydrogen-bond donors (Lipinski definition) is 2. The van der Waals surface area contributed by atoms with Crippen molar-refractivity contribution < 1.29 is 35.1 Å². The van der Waals surface area contributed by atoms with Crippen LogP contribution in [0.1, 0.15) is 17.4 Å². The fraction of sp³-hybridized carbons (Fsp3) is 0.292. The van der Waals surface area contributed by atoms with Crippen LogP contribution in [0.25, 0.3) is 11.3 Å². The highest BCUT2D eigenvalue weighted by Crippen LogP contribution is 2.38. The van der Waals surface area contributed by atoms with Gasteiger partial charge in [-0.1, -0.05) is 6.07 Å². The van der Waals surface area contributed by atoms with Gasteiger partial charge in [-0.2, -0.15) is 13.2 Å². The molecule has 4 rings (SSSR count). The zero-order chi connectivity index (χ0) is 28.0. The maximum atomic E-state index is 13.8. The minimum Gasteiger partial charge on any atom is -0.495 e. The molecule has 8 nitrogen and oxygen atoms in total. The smallest absolute Gasteiger partial charge is 0.401 e. The largest absolute Gasteiger partial charge is 0.495 e. The third-order valence-corrected chi connectivity index (χ3v) is 7.18. The zero-order valence-corrected chi connectivity index (χ0v) is 21.0. The van der Waals surface area contributed by atoms with E-state index in [4.69, 9.17) is 16.2 Å². The summed E-state index contributed by atoms with van der Waals surface area (Å²) in [6.45, 7) is -1.63. The molecule has 2 heterocycles. The molecule has 0 radical (unpaired) electrons. The average molecular weight is 558 g/mol. The lowest BCUT2D eigenvalue weighted by atomic mass is 10.1. The minimum absolute atomic E-state index is 0.0350. The van der Waals surface area contributed by atoms with E-state index < -0.39 is 46.6 Å². The van der Waals surface area contributed by atoms with Crippen molar-refractivity contribution in [3.63, 3.8) is 0 Å². The number of methoxy groups -OCH3 is 1. The summed E-state index contributed by atoms with van der Waals surface area (Å²) in [5.41, 5.74) is 13.6. The van der Waals surface area contributed by atoms with E-state index >= 15 is 0 Å². The molecule has 0 fully saturated rings. The molecule has 204 valence electrons. The highest BCUT2D eigenvalue weighted by molar-refractivity contribution is 7.90. The third kappa shape index (κ3) is 5.57. The van der Waals surface area contributed by atoms with Crippen LogP contribution in [0.2, 0.25) is 0 Å². The number of ether oxygens (including phenoxy) is 1. The standard InChI is InChI=1S/C24H24F5N5O3S/c1-37-19-8-4-14(10-20(19)38(2,35)36)17-6-7-18-21(32-17)22(30)34(12-24(27,28)29)23(31)33(18)11-13-3-5-15(25)16(26)9-13/h3-10,22-23H,11-12,30-31H2,1-2H3. The number of sulfone groups is 1. The van der Waals surface area contributed by atoms with Gasteiger partial charge in [0, 0.05) is 18.4 Å². The van der Waals surface area contributed by atoms with Crippen molar-refractivity contribution in [2.24, 2.45) is 11.5 Å². The number of aromatic nitrogens is 1. The molecule has 3 aromatic rings. The topological polar surface area (TPSA) is 115 Å². The third-order valence-electron chi connectivity index (χ3n) is 6.07. The second-order valence-corrected chi connectivity index (χ2v) is 10.7. The summed E-state index contributed by atoms with van der Waals surface area (Å²) in [7, 11) is -2.36. The van der Waals surface area contributed by atoms with Gasteiger partial charge in [-0.25, -0.2) is 27.1 Å². The molecule has 0 bridgehead atoms. The zero-order valence-electron chi connectivity index (χ0n) is 20.2. The molecule has 0 aliphatic carbocycles. The Morgan fingerprint density at radius 2 is 1.74 bits per heavy atom. The number of fused-ring (bicyclic) bond motifs is 1. The van der Waals surface area contributed by atoms with Gasteiger partial charge in [0.15, 0.2) is 21.5 Å². The Morgan fingerprint density at radius 1 is 1.03 bits per heavy atom. The molecule has 4 N–H and O–H groups in total. The van der Waals surface area contributed by atoms with E-state index in [-0.39, 0.29) is 39.8 Å². The lowest BCUT2D eigenvalue weighted by Crippen LogP contribution is -2.62. The van der Waals surface area contributed by atoms with Crippen LogP contribution in [0.15, 0.2) is 53.4 Å². The summed E-state index contributed by atoms with van der Waals surface area (Å²) in [5.74, 6) is -2.07. The first kappa shape index (κ1) is 27.7. The summed E-state index contributed by atoms with van der Waals surface area (Å²) in [4.78, 5) is 6.52. The number of nitrogens with zero attached hydrogens (tertiary/aromatic N) is 3. The Hall–Kier alpha value is -3.33. The van der Waals surface area contributed by atoms with Crippen molar-refractivity contribution in [3.05, 3.63) is 71.4 Å². The van der Waals surface area contributed by atoms with Gasteiger partial charge < -0.3 is 15.4 Å². The quantitative estimate of drug-likeness (QED) is 0.443. The fourth-order valence-electron chi connectivity index (χ4n) is 4.27. The minimum atomic E-state index is -4.65. The van der Waals surface area contributed by atoms with Crippen LogP contribution >= 0.6 is 0 Å². The van der Waals surface area contributed by atoms with E-state index in [0.29, 0.717) is 5.56 Å². The van der Waals surface area contributed by atoms with Gasteiger partial charge in [0.1, 0.15) is 23.1 Å². The van der Waals surface area contributed by atoms with Gasteiger partial charge >= 0.3 is 6.18 Å². The number of halogens is 5. The van der Waals surface area contributed by atoms with E-state index in [1.54, 1.807) is 6.07 Å². The second-order valence-electron chi connectivity index (χ2n) is 8.76. The fourth-order valence-corrected chi connectivity index (χ4v) is 5.13. The van der Waals surface area contributed by atoms with Crippen LogP contribution in [0.4, 0.5) is 27.6 Å². The van der Waals surface area contributed by atoms with Crippen molar-refractivity contribution in [3.8, 4) is 17.0 Å². The Morgan fingerprint density at radius 3 is 2.34 bits per heavy atom. The summed E-state index contributed by atoms with van der Waals surface area (Å²) < 4.78 is 97.2. The van der Waals surface area contributed by atoms with Crippen molar-refractivity contribution in [2.45, 2.75) is 30.1 Å². The van der Waals surface area contributed by atoms with Crippen LogP contribution in [-0.4, -0.2) is 50.7 Å². The predicted octanol–water partition coefficient (Wildman–Crippen LogP) is 3.52. The number of nitrogens with two attached hydrogens (primary N) is 2. The number of anilines is 1. The normalized spacial score (nSPS) is 18.4. The SMILES string of the molecule is COc1ccc(-c2ccc3c(n2)C(N)N(CC(F)(F)F)C(N)N3Cc2ccc(F)c(F)c2)cc1S(C)(=O)=O. The van der Waals surface area contributed by atoms with Crippen molar-refractivity contribution in [1.29, 1.82) is 0 Å². The van der Waals surface area contributed by atoms with Crippen LogP contribution in [0.3, 0.4) is 0 Å². The molecule has 0 spiro atoms. The molecule has 1 aliphatic heterocycles. The van der Waals surface area contributed by atoms with E-state index in [2.05, 4.69) is 4.98 Å². The molecular formula is C24H24F5N5O3S. The number of rotatable bonds is 6. The van der Waals surface area contributed by atoms with Crippen LogP contribution in [-0.2, 0) is 16.4 Å². The van der Waals surface area contributed by atoms with Gasteiger partial charge in [-0.05, 0) is 48.0 Å². The molecule has 2 unspecified atom stereocenters. The first-order valence-corrected chi connectivity index (χ1v) is 13.0. The maximum Gasteiger partial charge on any atom is 0.401 e. The lowest BCUT2D eigenvalue weighted by Gasteiger charge is -2.46. The molecule has 0 saturated heterocycles. The van der Waals surface area contributed by atoms with E-state index in [0.717, 1.165) is 23.3 Å². The number of benzene rings is 2. The number of hydrogen-bond acceptors (Lipinski definition) is 8. The summed E-state index contributed by atoms with van der Waals surface area (Å²) in [6.07, 6.45) is -6.40. The molecule has 0 saturated carbocycles. The lowest BCUT2D eigenvalue weighted by molar-refractivity contribution is -0.158. The van der Waals surface area contributed by atoms with E-state index in [1.807, 2.05) is 0 Å². The van der Waals surface area contributed by atoms with Gasteiger partial charge in [-0.3, -0.25) is 5.73 Å². The Balaban J connectivity index is 1.82.